The number of nitrogens with zero attached hydrogens (tertiary/aromatic N) is 1. The van der Waals surface area contributed by atoms with Crippen LogP contribution in [0.1, 0.15) is 11.1 Å². The molecule has 0 bridgehead atoms. The number of amides is 1. The monoisotopic (exact) mass is 380 g/mol. The second-order valence-electron chi connectivity index (χ2n) is 5.85. The minimum atomic E-state index is -0.0162. The van der Waals surface area contributed by atoms with Crippen LogP contribution in [0.4, 0.5) is 0 Å². The average molecular weight is 381 g/mol. The number of carbonyl (C=O) groups is 1. The Bertz CT molecular complexity index is 705. The van der Waals surface area contributed by atoms with Crippen LogP contribution in [0.5, 0.6) is 5.75 Å². The van der Waals surface area contributed by atoms with Crippen molar-refractivity contribution in [3.05, 3.63) is 63.6 Å². The number of hydrogen-bond acceptors (Lipinski definition) is 3. The second-order valence-corrected chi connectivity index (χ2v) is 6.73. The fourth-order valence-electron chi connectivity index (χ4n) is 2.52. The van der Waals surface area contributed by atoms with E-state index in [4.69, 9.17) is 27.9 Å². The van der Waals surface area contributed by atoms with Crippen molar-refractivity contribution in [2.24, 2.45) is 0 Å². The summed E-state index contributed by atoms with van der Waals surface area (Å²) in [6.07, 6.45) is 0.773. The SMILES string of the molecule is COc1ccc(Cl)cc1CN(C)CC(=O)NCCc1ccc(Cl)cc1. The number of rotatable bonds is 8. The van der Waals surface area contributed by atoms with Gasteiger partial charge < -0.3 is 10.1 Å². The van der Waals surface area contributed by atoms with Crippen LogP contribution in [0.25, 0.3) is 0 Å². The van der Waals surface area contributed by atoms with Gasteiger partial charge in [-0.2, -0.15) is 0 Å². The molecule has 0 unspecified atom stereocenters. The lowest BCUT2D eigenvalue weighted by Gasteiger charge is -2.18. The van der Waals surface area contributed by atoms with Gasteiger partial charge in [0.2, 0.25) is 5.91 Å². The Balaban J connectivity index is 1.78. The molecule has 0 heterocycles. The lowest BCUT2D eigenvalue weighted by molar-refractivity contribution is -0.122. The summed E-state index contributed by atoms with van der Waals surface area (Å²) in [6, 6.07) is 13.1. The molecule has 1 N–H and O–H groups in total. The van der Waals surface area contributed by atoms with Gasteiger partial charge >= 0.3 is 0 Å². The number of methoxy groups -OCH3 is 1. The fourth-order valence-corrected chi connectivity index (χ4v) is 2.84. The maximum Gasteiger partial charge on any atom is 0.234 e. The van der Waals surface area contributed by atoms with E-state index >= 15 is 0 Å². The van der Waals surface area contributed by atoms with Crippen LogP contribution in [0.15, 0.2) is 42.5 Å². The lowest BCUT2D eigenvalue weighted by Crippen LogP contribution is -2.35. The summed E-state index contributed by atoms with van der Waals surface area (Å²) in [5.41, 5.74) is 2.09. The van der Waals surface area contributed by atoms with Crippen LogP contribution in [0.2, 0.25) is 10.0 Å². The Morgan fingerprint density at radius 1 is 1.12 bits per heavy atom. The van der Waals surface area contributed by atoms with Gasteiger partial charge in [0.1, 0.15) is 5.75 Å². The predicted molar refractivity (Wildman–Crippen MR) is 103 cm³/mol. The molecule has 0 aliphatic heterocycles. The first-order valence-corrected chi connectivity index (χ1v) is 8.75. The van der Waals surface area contributed by atoms with E-state index in [1.807, 2.05) is 48.3 Å². The first kappa shape index (κ1) is 19.6. The Hall–Kier alpha value is -1.75. The topological polar surface area (TPSA) is 41.6 Å². The van der Waals surface area contributed by atoms with E-state index in [2.05, 4.69) is 5.32 Å². The van der Waals surface area contributed by atoms with Crippen molar-refractivity contribution in [3.63, 3.8) is 0 Å². The summed E-state index contributed by atoms with van der Waals surface area (Å²) in [4.78, 5) is 14.0. The number of halogens is 2. The molecule has 25 heavy (non-hydrogen) atoms. The van der Waals surface area contributed by atoms with E-state index < -0.39 is 0 Å². The van der Waals surface area contributed by atoms with E-state index in [9.17, 15) is 4.79 Å². The molecule has 4 nitrogen and oxygen atoms in total. The molecular formula is C19H22Cl2N2O2. The highest BCUT2D eigenvalue weighted by Gasteiger charge is 2.10. The van der Waals surface area contributed by atoms with Crippen LogP contribution in [-0.4, -0.2) is 38.1 Å². The van der Waals surface area contributed by atoms with Gasteiger partial charge in [0, 0.05) is 28.7 Å². The third-order valence-electron chi connectivity index (χ3n) is 3.75. The largest absolute Gasteiger partial charge is 0.496 e. The summed E-state index contributed by atoms with van der Waals surface area (Å²) in [6.45, 7) is 1.47. The smallest absolute Gasteiger partial charge is 0.234 e. The number of hydrogen-bond donors (Lipinski definition) is 1. The predicted octanol–water partition coefficient (Wildman–Crippen LogP) is 3.79. The normalized spacial score (nSPS) is 10.8. The van der Waals surface area contributed by atoms with Gasteiger partial charge in [0.25, 0.3) is 0 Å². The van der Waals surface area contributed by atoms with Gasteiger partial charge in [-0.3, -0.25) is 9.69 Å². The van der Waals surface area contributed by atoms with E-state index in [0.717, 1.165) is 23.3 Å². The van der Waals surface area contributed by atoms with Gasteiger partial charge in [0.15, 0.2) is 0 Å². The third-order valence-corrected chi connectivity index (χ3v) is 4.23. The number of benzene rings is 2. The molecule has 0 fully saturated rings. The standard InChI is InChI=1S/C19H22Cl2N2O2/c1-23(12-15-11-17(21)7-8-18(15)25-2)13-19(24)22-10-9-14-3-5-16(20)6-4-14/h3-8,11H,9-10,12-13H2,1-2H3,(H,22,24). The Kier molecular flexibility index (Phi) is 7.56. The van der Waals surface area contributed by atoms with Gasteiger partial charge in [-0.05, 0) is 49.4 Å². The zero-order valence-electron chi connectivity index (χ0n) is 14.4. The van der Waals surface area contributed by atoms with Crippen LogP contribution in [0.3, 0.4) is 0 Å². The number of ether oxygens (including phenoxy) is 1. The molecular weight excluding hydrogens is 359 g/mol. The van der Waals surface area contributed by atoms with Crippen LogP contribution >= 0.6 is 23.2 Å². The van der Waals surface area contributed by atoms with Crippen LogP contribution < -0.4 is 10.1 Å². The summed E-state index contributed by atoms with van der Waals surface area (Å²) in [5.74, 6) is 0.747. The van der Waals surface area contributed by atoms with Crippen molar-refractivity contribution in [1.29, 1.82) is 0 Å². The van der Waals surface area contributed by atoms with Crippen molar-refractivity contribution in [3.8, 4) is 5.75 Å². The minimum Gasteiger partial charge on any atom is -0.496 e. The molecule has 0 radical (unpaired) electrons. The summed E-state index contributed by atoms with van der Waals surface area (Å²) < 4.78 is 5.33. The maximum atomic E-state index is 12.1. The average Bonchev–Trinajstić information content (AvgIpc) is 2.57. The molecule has 134 valence electrons. The number of carbonyl (C=O) groups excluding carboxylic acids is 1. The molecule has 0 aromatic heterocycles. The van der Waals surface area contributed by atoms with Crippen molar-refractivity contribution in [2.45, 2.75) is 13.0 Å². The first-order valence-electron chi connectivity index (χ1n) is 8.00. The van der Waals surface area contributed by atoms with E-state index in [1.54, 1.807) is 13.2 Å². The zero-order chi connectivity index (χ0) is 18.2. The Labute approximate surface area is 158 Å². The number of nitrogens with one attached hydrogen (secondary N) is 1. The van der Waals surface area contributed by atoms with Crippen molar-refractivity contribution >= 4 is 29.1 Å². The molecule has 0 aliphatic carbocycles. The van der Waals surface area contributed by atoms with Crippen molar-refractivity contribution in [2.75, 3.05) is 27.2 Å². The number of likely N-dealkylation sites (N-methyl/N-ethyl adjacent to an activating group) is 1. The molecule has 2 rings (SSSR count). The summed E-state index contributed by atoms with van der Waals surface area (Å²) >= 11 is 11.9. The van der Waals surface area contributed by atoms with E-state index in [-0.39, 0.29) is 5.91 Å². The molecule has 0 saturated heterocycles. The van der Waals surface area contributed by atoms with Crippen LogP contribution in [-0.2, 0) is 17.8 Å². The summed E-state index contributed by atoms with van der Waals surface area (Å²) in [5, 5.41) is 4.29. The lowest BCUT2D eigenvalue weighted by atomic mass is 10.1. The van der Waals surface area contributed by atoms with E-state index in [1.165, 1.54) is 0 Å². The highest BCUT2D eigenvalue weighted by atomic mass is 35.5. The molecule has 0 aliphatic rings. The molecule has 2 aromatic carbocycles. The van der Waals surface area contributed by atoms with Gasteiger partial charge in [-0.25, -0.2) is 0 Å². The molecule has 2 aromatic rings. The first-order chi connectivity index (χ1) is 12.0. The summed E-state index contributed by atoms with van der Waals surface area (Å²) in [7, 11) is 3.51. The van der Waals surface area contributed by atoms with Crippen molar-refractivity contribution in [1.82, 2.24) is 10.2 Å². The van der Waals surface area contributed by atoms with Gasteiger partial charge in [-0.1, -0.05) is 35.3 Å². The van der Waals surface area contributed by atoms with Gasteiger partial charge in [-0.15, -0.1) is 0 Å². The zero-order valence-corrected chi connectivity index (χ0v) is 15.9. The molecule has 0 atom stereocenters. The molecule has 1 amide bonds. The second kappa shape index (κ2) is 9.66. The highest BCUT2D eigenvalue weighted by Crippen LogP contribution is 2.23. The molecule has 6 heteroatoms. The molecule has 0 spiro atoms. The van der Waals surface area contributed by atoms with Crippen molar-refractivity contribution < 1.29 is 9.53 Å². The highest BCUT2D eigenvalue weighted by molar-refractivity contribution is 6.30. The third kappa shape index (κ3) is 6.58. The van der Waals surface area contributed by atoms with Gasteiger partial charge in [0.05, 0.1) is 13.7 Å². The quantitative estimate of drug-likeness (QED) is 0.757. The van der Waals surface area contributed by atoms with Crippen LogP contribution in [0, 0.1) is 0 Å². The maximum absolute atomic E-state index is 12.1. The molecule has 0 saturated carbocycles. The van der Waals surface area contributed by atoms with E-state index in [0.29, 0.717) is 29.7 Å². The Morgan fingerprint density at radius 3 is 2.48 bits per heavy atom. The fraction of sp³-hybridized carbons (Fsp3) is 0.316. The minimum absolute atomic E-state index is 0.0162. The Morgan fingerprint density at radius 2 is 1.80 bits per heavy atom.